The van der Waals surface area contributed by atoms with Crippen molar-refractivity contribution >= 4 is 11.1 Å². The average Bonchev–Trinajstić information content (AvgIpc) is 2.66. The van der Waals surface area contributed by atoms with E-state index < -0.39 is 0 Å². The van der Waals surface area contributed by atoms with Crippen molar-refractivity contribution in [2.24, 2.45) is 7.05 Å². The third kappa shape index (κ3) is 2.15. The van der Waals surface area contributed by atoms with Gasteiger partial charge in [0, 0.05) is 19.5 Å². The quantitative estimate of drug-likeness (QED) is 0.889. The second kappa shape index (κ2) is 5.07. The van der Waals surface area contributed by atoms with Crippen LogP contribution in [0.4, 0.5) is 0 Å². The van der Waals surface area contributed by atoms with Gasteiger partial charge in [-0.15, -0.1) is 0 Å². The largest absolute Gasteiger partial charge is 0.419 e. The van der Waals surface area contributed by atoms with Gasteiger partial charge in [0.15, 0.2) is 5.58 Å². The van der Waals surface area contributed by atoms with E-state index in [1.165, 1.54) is 4.57 Å². The van der Waals surface area contributed by atoms with Gasteiger partial charge in [-0.2, -0.15) is 5.26 Å². The highest BCUT2D eigenvalue weighted by Gasteiger charge is 2.12. The van der Waals surface area contributed by atoms with Crippen molar-refractivity contribution < 1.29 is 4.42 Å². The SMILES string of the molecule is CNC(CCC#N)c1ccc2c(c1)oc(=O)n2C. The van der Waals surface area contributed by atoms with E-state index in [1.54, 1.807) is 7.05 Å². The molecule has 0 aliphatic heterocycles. The van der Waals surface area contributed by atoms with Gasteiger partial charge < -0.3 is 9.73 Å². The standard InChI is InChI=1S/C13H15N3O2/c1-15-10(4-3-7-14)9-5-6-11-12(8-9)18-13(17)16(11)2/h5-6,8,10,15H,3-4H2,1-2H3. The minimum atomic E-state index is -0.361. The van der Waals surface area contributed by atoms with Gasteiger partial charge in [-0.1, -0.05) is 6.07 Å². The van der Waals surface area contributed by atoms with Crippen molar-refractivity contribution in [3.05, 3.63) is 34.3 Å². The maximum Gasteiger partial charge on any atom is 0.419 e. The molecule has 2 aromatic rings. The summed E-state index contributed by atoms with van der Waals surface area (Å²) >= 11 is 0. The molecular weight excluding hydrogens is 230 g/mol. The van der Waals surface area contributed by atoms with Gasteiger partial charge in [0.25, 0.3) is 0 Å². The smallest absolute Gasteiger partial charge is 0.408 e. The molecule has 0 radical (unpaired) electrons. The van der Waals surface area contributed by atoms with Crippen molar-refractivity contribution in [2.45, 2.75) is 18.9 Å². The Bertz CT molecular complexity index is 648. The van der Waals surface area contributed by atoms with Gasteiger partial charge in [0.1, 0.15) is 0 Å². The van der Waals surface area contributed by atoms with Crippen molar-refractivity contribution in [3.63, 3.8) is 0 Å². The lowest BCUT2D eigenvalue weighted by Crippen LogP contribution is -2.16. The minimum absolute atomic E-state index is 0.0968. The fraction of sp³-hybridized carbons (Fsp3) is 0.385. The summed E-state index contributed by atoms with van der Waals surface area (Å²) in [5.74, 6) is -0.361. The van der Waals surface area contributed by atoms with Gasteiger partial charge in [-0.25, -0.2) is 4.79 Å². The van der Waals surface area contributed by atoms with Crippen LogP contribution in [0.5, 0.6) is 0 Å². The van der Waals surface area contributed by atoms with E-state index >= 15 is 0 Å². The number of aromatic nitrogens is 1. The van der Waals surface area contributed by atoms with Crippen LogP contribution in [0, 0.1) is 11.3 Å². The molecular formula is C13H15N3O2. The lowest BCUT2D eigenvalue weighted by molar-refractivity contribution is 0.525. The van der Waals surface area contributed by atoms with Crippen LogP contribution >= 0.6 is 0 Å². The second-order valence-corrected chi connectivity index (χ2v) is 4.19. The second-order valence-electron chi connectivity index (χ2n) is 4.19. The van der Waals surface area contributed by atoms with Crippen LogP contribution in [0.2, 0.25) is 0 Å². The fourth-order valence-corrected chi connectivity index (χ4v) is 2.05. The minimum Gasteiger partial charge on any atom is -0.408 e. The molecule has 0 fully saturated rings. The van der Waals surface area contributed by atoms with E-state index in [-0.39, 0.29) is 11.8 Å². The lowest BCUT2D eigenvalue weighted by atomic mass is 10.0. The molecule has 0 aliphatic carbocycles. The zero-order valence-electron chi connectivity index (χ0n) is 10.4. The molecule has 1 atom stereocenters. The number of aryl methyl sites for hydroxylation is 1. The summed E-state index contributed by atoms with van der Waals surface area (Å²) in [4.78, 5) is 11.4. The highest BCUT2D eigenvalue weighted by atomic mass is 16.4. The van der Waals surface area contributed by atoms with Crippen LogP contribution in [0.3, 0.4) is 0 Å². The van der Waals surface area contributed by atoms with E-state index in [9.17, 15) is 4.79 Å². The summed E-state index contributed by atoms with van der Waals surface area (Å²) in [7, 11) is 3.53. The normalized spacial score (nSPS) is 12.5. The Morgan fingerprint density at radius 2 is 2.33 bits per heavy atom. The molecule has 0 spiro atoms. The van der Waals surface area contributed by atoms with Gasteiger partial charge in [0.2, 0.25) is 0 Å². The highest BCUT2D eigenvalue weighted by molar-refractivity contribution is 5.73. The molecule has 1 aromatic heterocycles. The number of hydrogen-bond acceptors (Lipinski definition) is 4. The summed E-state index contributed by atoms with van der Waals surface area (Å²) < 4.78 is 6.63. The summed E-state index contributed by atoms with van der Waals surface area (Å²) in [6, 6.07) is 7.91. The van der Waals surface area contributed by atoms with Crippen molar-refractivity contribution in [3.8, 4) is 6.07 Å². The zero-order chi connectivity index (χ0) is 13.1. The fourth-order valence-electron chi connectivity index (χ4n) is 2.05. The van der Waals surface area contributed by atoms with Crippen LogP contribution in [0.25, 0.3) is 11.1 Å². The first-order chi connectivity index (χ1) is 8.67. The molecule has 94 valence electrons. The molecule has 5 heteroatoms. The molecule has 1 unspecified atom stereocenters. The Morgan fingerprint density at radius 3 is 3.00 bits per heavy atom. The summed E-state index contributed by atoms with van der Waals surface area (Å²) in [5.41, 5.74) is 2.38. The molecule has 1 N–H and O–H groups in total. The van der Waals surface area contributed by atoms with E-state index in [0.717, 1.165) is 17.5 Å². The van der Waals surface area contributed by atoms with Crippen LogP contribution in [-0.4, -0.2) is 11.6 Å². The predicted octanol–water partition coefficient (Wildman–Crippen LogP) is 1.70. The third-order valence-electron chi connectivity index (χ3n) is 3.11. The van der Waals surface area contributed by atoms with E-state index in [2.05, 4.69) is 11.4 Å². The number of fused-ring (bicyclic) bond motifs is 1. The third-order valence-corrected chi connectivity index (χ3v) is 3.11. The Morgan fingerprint density at radius 1 is 1.56 bits per heavy atom. The maximum atomic E-state index is 11.4. The van der Waals surface area contributed by atoms with Crippen molar-refractivity contribution in [2.75, 3.05) is 7.05 Å². The van der Waals surface area contributed by atoms with Crippen LogP contribution in [-0.2, 0) is 7.05 Å². The zero-order valence-corrected chi connectivity index (χ0v) is 10.4. The van der Waals surface area contributed by atoms with E-state index in [1.807, 2.05) is 25.2 Å². The Kier molecular flexibility index (Phi) is 3.49. The first-order valence-electron chi connectivity index (χ1n) is 5.81. The topological polar surface area (TPSA) is 71.0 Å². The lowest BCUT2D eigenvalue weighted by Gasteiger charge is -2.14. The number of rotatable bonds is 4. The molecule has 2 rings (SSSR count). The molecule has 0 amide bonds. The van der Waals surface area contributed by atoms with Gasteiger partial charge in [-0.05, 0) is 31.2 Å². The molecule has 0 bridgehead atoms. The average molecular weight is 245 g/mol. The number of nitriles is 1. The number of benzene rings is 1. The molecule has 0 saturated heterocycles. The highest BCUT2D eigenvalue weighted by Crippen LogP contribution is 2.22. The molecule has 5 nitrogen and oxygen atoms in total. The summed E-state index contributed by atoms with van der Waals surface area (Å²) in [5, 5.41) is 11.8. The van der Waals surface area contributed by atoms with Crippen molar-refractivity contribution in [1.29, 1.82) is 5.26 Å². The van der Waals surface area contributed by atoms with Gasteiger partial charge in [-0.3, -0.25) is 4.57 Å². The molecule has 1 heterocycles. The first-order valence-corrected chi connectivity index (χ1v) is 5.81. The summed E-state index contributed by atoms with van der Waals surface area (Å²) in [6.45, 7) is 0. The molecule has 0 saturated carbocycles. The number of oxazole rings is 1. The van der Waals surface area contributed by atoms with E-state index in [4.69, 9.17) is 9.68 Å². The van der Waals surface area contributed by atoms with Crippen LogP contribution < -0.4 is 11.1 Å². The van der Waals surface area contributed by atoms with Gasteiger partial charge in [0.05, 0.1) is 11.6 Å². The van der Waals surface area contributed by atoms with Crippen molar-refractivity contribution in [1.82, 2.24) is 9.88 Å². The van der Waals surface area contributed by atoms with Crippen LogP contribution in [0.15, 0.2) is 27.4 Å². The predicted molar refractivity (Wildman–Crippen MR) is 68.1 cm³/mol. The molecule has 0 aliphatic rings. The molecule has 18 heavy (non-hydrogen) atoms. The number of nitrogens with one attached hydrogen (secondary N) is 1. The Hall–Kier alpha value is -2.06. The van der Waals surface area contributed by atoms with Gasteiger partial charge >= 0.3 is 5.76 Å². The first kappa shape index (κ1) is 12.4. The van der Waals surface area contributed by atoms with Crippen LogP contribution in [0.1, 0.15) is 24.4 Å². The number of hydrogen-bond donors (Lipinski definition) is 1. The summed E-state index contributed by atoms with van der Waals surface area (Å²) in [6.07, 6.45) is 1.22. The monoisotopic (exact) mass is 245 g/mol. The Labute approximate surface area is 105 Å². The van der Waals surface area contributed by atoms with E-state index in [0.29, 0.717) is 12.0 Å². The number of nitrogens with zero attached hydrogens (tertiary/aromatic N) is 2. The Balaban J connectivity index is 2.40. The maximum absolute atomic E-state index is 11.4. The molecule has 1 aromatic carbocycles.